The molecule has 0 aromatic carbocycles. The number of ether oxygens (including phenoxy) is 2. The van der Waals surface area contributed by atoms with E-state index in [9.17, 15) is 0 Å². The Morgan fingerprint density at radius 2 is 2.25 bits per heavy atom. The number of rotatable bonds is 0. The molecule has 12 heavy (non-hydrogen) atoms. The van der Waals surface area contributed by atoms with E-state index < -0.39 is 9.21 Å². The molecule has 0 saturated heterocycles. The van der Waals surface area contributed by atoms with Crippen molar-refractivity contribution < 1.29 is 9.47 Å². The van der Waals surface area contributed by atoms with Crippen molar-refractivity contribution in [2.24, 2.45) is 0 Å². The van der Waals surface area contributed by atoms with Gasteiger partial charge in [-0.1, -0.05) is 0 Å². The van der Waals surface area contributed by atoms with Gasteiger partial charge < -0.3 is 9.47 Å². The van der Waals surface area contributed by atoms with Gasteiger partial charge in [0.05, 0.1) is 6.61 Å². The van der Waals surface area contributed by atoms with Gasteiger partial charge in [-0.25, -0.2) is 0 Å². The van der Waals surface area contributed by atoms with E-state index in [-0.39, 0.29) is 0 Å². The summed E-state index contributed by atoms with van der Waals surface area (Å²) in [4.78, 5) is 0. The van der Waals surface area contributed by atoms with Crippen molar-refractivity contribution in [2.45, 2.75) is 12.8 Å². The van der Waals surface area contributed by atoms with Gasteiger partial charge in [-0.05, 0) is 30.7 Å². The third kappa shape index (κ3) is 1.46. The van der Waals surface area contributed by atoms with Crippen molar-refractivity contribution >= 4 is 20.1 Å². The van der Waals surface area contributed by atoms with E-state index in [1.807, 2.05) is 5.55 Å². The van der Waals surface area contributed by atoms with Gasteiger partial charge in [0.25, 0.3) is 5.95 Å². The molecule has 0 spiro atoms. The van der Waals surface area contributed by atoms with Crippen molar-refractivity contribution in [2.75, 3.05) is 19.1 Å². The van der Waals surface area contributed by atoms with Gasteiger partial charge in [0.15, 0.2) is 0 Å². The zero-order valence-electron chi connectivity index (χ0n) is 7.50. The van der Waals surface area contributed by atoms with Crippen molar-refractivity contribution in [3.8, 4) is 0 Å². The van der Waals surface area contributed by atoms with Crippen molar-refractivity contribution in [3.05, 3.63) is 11.5 Å². The molecular formula is C9H14O2S. The largest absolute Gasteiger partial charge is 0.465 e. The first-order chi connectivity index (χ1) is 5.67. The van der Waals surface area contributed by atoms with Crippen LogP contribution in [0.2, 0.25) is 0 Å². The minimum atomic E-state index is -0.763. The Morgan fingerprint density at radius 1 is 1.42 bits per heavy atom. The monoisotopic (exact) mass is 186 g/mol. The van der Waals surface area contributed by atoms with Gasteiger partial charge in [-0.15, -0.1) is 0 Å². The molecule has 2 nitrogen and oxygen atoms in total. The molecule has 0 amide bonds. The predicted molar refractivity (Wildman–Crippen MR) is 54.9 cm³/mol. The molecule has 2 aliphatic rings. The first-order valence-corrected chi connectivity index (χ1v) is 6.69. The zero-order valence-corrected chi connectivity index (χ0v) is 8.32. The summed E-state index contributed by atoms with van der Waals surface area (Å²) >= 11 is 0. The SMILES string of the molecule is CS1(C)=COC2=C(C=1)CCCO2. The highest BCUT2D eigenvalue weighted by Crippen LogP contribution is 2.27. The highest BCUT2D eigenvalue weighted by Gasteiger charge is 2.16. The van der Waals surface area contributed by atoms with E-state index in [0.29, 0.717) is 0 Å². The highest BCUT2D eigenvalue weighted by molar-refractivity contribution is 8.28. The Labute approximate surface area is 73.7 Å². The van der Waals surface area contributed by atoms with Crippen LogP contribution in [0.1, 0.15) is 12.8 Å². The Bertz CT molecular complexity index is 336. The fourth-order valence-corrected chi connectivity index (χ4v) is 2.74. The van der Waals surface area contributed by atoms with Gasteiger partial charge in [0.2, 0.25) is 0 Å². The van der Waals surface area contributed by atoms with Crippen LogP contribution in [0.5, 0.6) is 0 Å². The van der Waals surface area contributed by atoms with Crippen molar-refractivity contribution in [3.63, 3.8) is 0 Å². The Morgan fingerprint density at radius 3 is 3.08 bits per heavy atom. The lowest BCUT2D eigenvalue weighted by molar-refractivity contribution is 0.0885. The van der Waals surface area contributed by atoms with E-state index in [1.54, 1.807) is 0 Å². The molecule has 0 bridgehead atoms. The average molecular weight is 186 g/mol. The molecule has 0 aliphatic carbocycles. The molecule has 0 fully saturated rings. The van der Waals surface area contributed by atoms with Crippen LogP contribution in [0.15, 0.2) is 11.5 Å². The van der Waals surface area contributed by atoms with Gasteiger partial charge in [-0.3, -0.25) is 0 Å². The summed E-state index contributed by atoms with van der Waals surface area (Å²) in [7, 11) is -0.763. The first kappa shape index (κ1) is 8.05. The number of hydrogen-bond donors (Lipinski definition) is 0. The lowest BCUT2D eigenvalue weighted by Gasteiger charge is -2.23. The van der Waals surface area contributed by atoms with Gasteiger partial charge in [-0.2, -0.15) is 9.21 Å². The molecule has 0 N–H and O–H groups in total. The predicted octanol–water partition coefficient (Wildman–Crippen LogP) is 1.66. The van der Waals surface area contributed by atoms with Crippen LogP contribution in [0.25, 0.3) is 0 Å². The number of hydrogen-bond acceptors (Lipinski definition) is 2. The maximum absolute atomic E-state index is 5.44. The molecule has 0 radical (unpaired) electrons. The molecule has 0 aromatic rings. The molecule has 2 heterocycles. The second-order valence-corrected chi connectivity index (χ2v) is 6.99. The van der Waals surface area contributed by atoms with Gasteiger partial charge >= 0.3 is 0 Å². The Balaban J connectivity index is 2.41. The summed E-state index contributed by atoms with van der Waals surface area (Å²) in [5.74, 6) is 0.744. The topological polar surface area (TPSA) is 18.5 Å². The maximum atomic E-state index is 5.44. The van der Waals surface area contributed by atoms with Crippen LogP contribution < -0.4 is 0 Å². The first-order valence-electron chi connectivity index (χ1n) is 4.11. The second-order valence-electron chi connectivity index (χ2n) is 3.58. The summed E-state index contributed by atoms with van der Waals surface area (Å²) in [5, 5.41) is 2.31. The van der Waals surface area contributed by atoms with E-state index in [4.69, 9.17) is 9.47 Å². The minimum absolute atomic E-state index is 0.744. The molecule has 0 unspecified atom stereocenters. The highest BCUT2D eigenvalue weighted by atomic mass is 32.2. The van der Waals surface area contributed by atoms with E-state index in [1.165, 1.54) is 5.57 Å². The standard InChI is InChI=1S/C9H14O2S/c1-12(2)6-8-4-3-5-10-9(8)11-7-12/h6-7H,3-5H2,1-2H3. The summed E-state index contributed by atoms with van der Waals surface area (Å²) in [5.41, 5.74) is 3.18. The molecular weight excluding hydrogens is 172 g/mol. The normalized spacial score (nSPS) is 25.8. The summed E-state index contributed by atoms with van der Waals surface area (Å²) in [6, 6.07) is 0. The molecule has 2 rings (SSSR count). The lowest BCUT2D eigenvalue weighted by atomic mass is 10.1. The Kier molecular flexibility index (Phi) is 1.83. The molecule has 0 aromatic heterocycles. The van der Waals surface area contributed by atoms with Gasteiger partial charge in [0, 0.05) is 5.57 Å². The van der Waals surface area contributed by atoms with Crippen LogP contribution in [-0.4, -0.2) is 30.0 Å². The van der Waals surface area contributed by atoms with Crippen LogP contribution in [0.3, 0.4) is 0 Å². The van der Waals surface area contributed by atoms with E-state index in [2.05, 4.69) is 17.9 Å². The van der Waals surface area contributed by atoms with Crippen molar-refractivity contribution in [1.82, 2.24) is 0 Å². The quantitative estimate of drug-likeness (QED) is 0.536. The van der Waals surface area contributed by atoms with Crippen LogP contribution in [0, 0.1) is 0 Å². The third-order valence-electron chi connectivity index (χ3n) is 1.93. The molecule has 2 aliphatic heterocycles. The van der Waals surface area contributed by atoms with Crippen LogP contribution >= 0.6 is 9.21 Å². The number of allylic oxidation sites excluding steroid dienone is 1. The van der Waals surface area contributed by atoms with Crippen molar-refractivity contribution in [1.29, 1.82) is 0 Å². The summed E-state index contributed by atoms with van der Waals surface area (Å²) in [6.45, 7) is 0.802. The summed E-state index contributed by atoms with van der Waals surface area (Å²) < 4.78 is 10.8. The van der Waals surface area contributed by atoms with Crippen LogP contribution in [-0.2, 0) is 9.47 Å². The maximum Gasteiger partial charge on any atom is 0.288 e. The Hall–Kier alpha value is -0.570. The third-order valence-corrected chi connectivity index (χ3v) is 3.42. The molecule has 3 heteroatoms. The minimum Gasteiger partial charge on any atom is -0.465 e. The zero-order chi connectivity index (χ0) is 8.60. The lowest BCUT2D eigenvalue weighted by Crippen LogP contribution is -2.13. The fraction of sp³-hybridized carbons (Fsp3) is 0.556. The van der Waals surface area contributed by atoms with E-state index >= 15 is 0 Å². The van der Waals surface area contributed by atoms with Crippen LogP contribution in [0.4, 0.5) is 0 Å². The van der Waals surface area contributed by atoms with E-state index in [0.717, 1.165) is 25.4 Å². The summed E-state index contributed by atoms with van der Waals surface area (Å²) in [6.07, 6.45) is 6.66. The molecule has 68 valence electrons. The van der Waals surface area contributed by atoms with Gasteiger partial charge in [0.1, 0.15) is 5.55 Å². The molecule has 0 saturated carbocycles. The second kappa shape index (κ2) is 2.73. The molecule has 0 atom stereocenters. The smallest absolute Gasteiger partial charge is 0.288 e. The average Bonchev–Trinajstić information content (AvgIpc) is 2.02. The fourth-order valence-electron chi connectivity index (χ4n) is 1.40.